The van der Waals surface area contributed by atoms with Crippen molar-refractivity contribution in [3.8, 4) is 0 Å². The Morgan fingerprint density at radius 1 is 1.18 bits per heavy atom. The Balaban J connectivity index is 1.75. The van der Waals surface area contributed by atoms with Gasteiger partial charge in [0.25, 0.3) is 5.91 Å². The molecular weight excluding hydrogens is 487 g/mol. The van der Waals surface area contributed by atoms with Gasteiger partial charge in [-0.15, -0.1) is 0 Å². The van der Waals surface area contributed by atoms with Crippen LogP contribution in [0.5, 0.6) is 0 Å². The van der Waals surface area contributed by atoms with Crippen molar-refractivity contribution in [2.24, 2.45) is 0 Å². The number of nitrogens with zero attached hydrogens (tertiary/aromatic N) is 1. The number of carbonyl (C=O) groups is 1. The number of sulfonamides is 1. The third kappa shape index (κ3) is 4.58. The van der Waals surface area contributed by atoms with E-state index in [1.54, 1.807) is 34.6 Å². The van der Waals surface area contributed by atoms with E-state index >= 15 is 0 Å². The minimum absolute atomic E-state index is 0.0714. The molecule has 1 N–H and O–H groups in total. The van der Waals surface area contributed by atoms with Crippen LogP contribution in [0, 0.1) is 10.5 Å². The zero-order chi connectivity index (χ0) is 20.3. The molecule has 0 bridgehead atoms. The molecule has 1 atom stereocenters. The monoisotopic (exact) mass is 512 g/mol. The Hall–Kier alpha value is -1.45. The molecule has 150 valence electrons. The van der Waals surface area contributed by atoms with Crippen LogP contribution >= 0.6 is 22.6 Å². The molecule has 1 saturated heterocycles. The minimum atomic E-state index is -3.51. The Morgan fingerprint density at radius 3 is 2.54 bits per heavy atom. The van der Waals surface area contributed by atoms with Crippen molar-refractivity contribution in [2.75, 3.05) is 11.9 Å². The Labute approximate surface area is 180 Å². The number of aryl methyl sites for hydroxylation is 1. The van der Waals surface area contributed by atoms with E-state index in [9.17, 15) is 13.2 Å². The molecular formula is C21H25IN2O3S. The van der Waals surface area contributed by atoms with E-state index in [4.69, 9.17) is 0 Å². The highest BCUT2D eigenvalue weighted by molar-refractivity contribution is 14.1. The molecule has 3 rings (SSSR count). The number of rotatable bonds is 5. The molecule has 2 aromatic carbocycles. The number of amides is 1. The summed E-state index contributed by atoms with van der Waals surface area (Å²) in [7, 11) is -3.51. The van der Waals surface area contributed by atoms with Crippen LogP contribution in [0.3, 0.4) is 0 Å². The van der Waals surface area contributed by atoms with Crippen molar-refractivity contribution in [3.05, 3.63) is 57.2 Å². The Kier molecular flexibility index (Phi) is 6.77. The lowest BCUT2D eigenvalue weighted by Gasteiger charge is -2.34. The second-order valence-corrected chi connectivity index (χ2v) is 10.2. The number of carbonyl (C=O) groups excluding carboxylic acids is 1. The van der Waals surface area contributed by atoms with E-state index in [1.165, 1.54) is 0 Å². The largest absolute Gasteiger partial charge is 0.322 e. The van der Waals surface area contributed by atoms with Gasteiger partial charge in [0.1, 0.15) is 0 Å². The minimum Gasteiger partial charge on any atom is -0.322 e. The van der Waals surface area contributed by atoms with Gasteiger partial charge in [0.2, 0.25) is 10.0 Å². The zero-order valence-electron chi connectivity index (χ0n) is 16.1. The van der Waals surface area contributed by atoms with E-state index in [1.807, 2.05) is 26.0 Å². The fraction of sp³-hybridized carbons (Fsp3) is 0.381. The molecule has 0 aromatic heterocycles. The summed E-state index contributed by atoms with van der Waals surface area (Å²) in [6, 6.07) is 12.1. The highest BCUT2D eigenvalue weighted by atomic mass is 127. The molecule has 0 aliphatic carbocycles. The molecule has 1 amide bonds. The van der Waals surface area contributed by atoms with Gasteiger partial charge in [0.05, 0.1) is 4.90 Å². The molecule has 7 heteroatoms. The second-order valence-electron chi connectivity index (χ2n) is 7.12. The van der Waals surface area contributed by atoms with Crippen LogP contribution in [0.15, 0.2) is 47.4 Å². The van der Waals surface area contributed by atoms with Crippen molar-refractivity contribution >= 4 is 44.2 Å². The maximum Gasteiger partial charge on any atom is 0.255 e. The first-order chi connectivity index (χ1) is 13.3. The first-order valence-electron chi connectivity index (χ1n) is 9.52. The van der Waals surface area contributed by atoms with Crippen LogP contribution < -0.4 is 5.32 Å². The highest BCUT2D eigenvalue weighted by Gasteiger charge is 2.32. The molecule has 1 aliphatic heterocycles. The summed E-state index contributed by atoms with van der Waals surface area (Å²) in [4.78, 5) is 12.7. The average molecular weight is 512 g/mol. The summed E-state index contributed by atoms with van der Waals surface area (Å²) in [6.45, 7) is 4.60. The third-order valence-corrected chi connectivity index (χ3v) is 8.33. The molecule has 5 nitrogen and oxygen atoms in total. The molecule has 2 aromatic rings. The summed E-state index contributed by atoms with van der Waals surface area (Å²) >= 11 is 2.20. The van der Waals surface area contributed by atoms with Gasteiger partial charge in [0, 0.05) is 27.4 Å². The van der Waals surface area contributed by atoms with Gasteiger partial charge in [-0.3, -0.25) is 4.79 Å². The van der Waals surface area contributed by atoms with E-state index < -0.39 is 10.0 Å². The standard InChI is InChI=1S/C21H25IN2O3S/c1-3-18-6-4-5-13-24(18)28(26,27)19-11-9-17(10-12-19)23-21(25)16-8-7-15(2)20(22)14-16/h7-12,14,18H,3-6,13H2,1-2H3,(H,23,25). The van der Waals surface area contributed by atoms with Crippen LogP contribution in [0.4, 0.5) is 5.69 Å². The summed E-state index contributed by atoms with van der Waals surface area (Å²) in [5.74, 6) is -0.212. The van der Waals surface area contributed by atoms with E-state index in [0.717, 1.165) is 34.8 Å². The number of anilines is 1. The molecule has 0 radical (unpaired) electrons. The van der Waals surface area contributed by atoms with Crippen molar-refractivity contribution < 1.29 is 13.2 Å². The molecule has 0 spiro atoms. The number of hydrogen-bond acceptors (Lipinski definition) is 3. The fourth-order valence-electron chi connectivity index (χ4n) is 3.48. The van der Waals surface area contributed by atoms with Crippen LogP contribution in [0.2, 0.25) is 0 Å². The predicted octanol–water partition coefficient (Wildman–Crippen LogP) is 4.81. The van der Waals surface area contributed by atoms with Crippen LogP contribution in [-0.2, 0) is 10.0 Å². The Morgan fingerprint density at radius 2 is 1.89 bits per heavy atom. The SMILES string of the molecule is CCC1CCCCN1S(=O)(=O)c1ccc(NC(=O)c2ccc(C)c(I)c2)cc1. The van der Waals surface area contributed by atoms with Crippen molar-refractivity contribution in [1.82, 2.24) is 4.31 Å². The molecule has 28 heavy (non-hydrogen) atoms. The number of halogens is 1. The second kappa shape index (κ2) is 8.92. The smallest absolute Gasteiger partial charge is 0.255 e. The van der Waals surface area contributed by atoms with Gasteiger partial charge in [-0.2, -0.15) is 4.31 Å². The molecule has 0 saturated carbocycles. The van der Waals surface area contributed by atoms with Crippen molar-refractivity contribution in [1.29, 1.82) is 0 Å². The van der Waals surface area contributed by atoms with Gasteiger partial charge in [-0.25, -0.2) is 8.42 Å². The summed E-state index contributed by atoms with van der Waals surface area (Å²) in [5.41, 5.74) is 2.27. The zero-order valence-corrected chi connectivity index (χ0v) is 19.1. The summed E-state index contributed by atoms with van der Waals surface area (Å²) in [6.07, 6.45) is 3.72. The normalized spacial score (nSPS) is 18.0. The van der Waals surface area contributed by atoms with Crippen LogP contribution in [-0.4, -0.2) is 31.2 Å². The van der Waals surface area contributed by atoms with Crippen molar-refractivity contribution in [2.45, 2.75) is 50.5 Å². The quantitative estimate of drug-likeness (QED) is 0.586. The maximum absolute atomic E-state index is 13.0. The fourth-order valence-corrected chi connectivity index (χ4v) is 5.76. The topological polar surface area (TPSA) is 66.5 Å². The lowest BCUT2D eigenvalue weighted by molar-refractivity contribution is 0.102. The summed E-state index contributed by atoms with van der Waals surface area (Å²) < 4.78 is 28.7. The molecule has 1 aliphatic rings. The maximum atomic E-state index is 13.0. The van der Waals surface area contributed by atoms with Crippen molar-refractivity contribution in [3.63, 3.8) is 0 Å². The number of piperidine rings is 1. The first-order valence-corrected chi connectivity index (χ1v) is 12.0. The third-order valence-electron chi connectivity index (χ3n) is 5.20. The number of nitrogens with one attached hydrogen (secondary N) is 1. The van der Waals surface area contributed by atoms with Crippen LogP contribution in [0.25, 0.3) is 0 Å². The molecule has 1 unspecified atom stereocenters. The van der Waals surface area contributed by atoms with Gasteiger partial charge in [0.15, 0.2) is 0 Å². The lowest BCUT2D eigenvalue weighted by Crippen LogP contribution is -2.43. The van der Waals surface area contributed by atoms with E-state index in [0.29, 0.717) is 17.8 Å². The highest BCUT2D eigenvalue weighted by Crippen LogP contribution is 2.27. The van der Waals surface area contributed by atoms with Gasteiger partial charge in [-0.1, -0.05) is 19.4 Å². The van der Waals surface area contributed by atoms with Gasteiger partial charge in [-0.05, 0) is 90.7 Å². The number of hydrogen-bond donors (Lipinski definition) is 1. The first kappa shape index (κ1) is 21.3. The molecule has 1 fully saturated rings. The van der Waals surface area contributed by atoms with Gasteiger partial charge >= 0.3 is 0 Å². The van der Waals surface area contributed by atoms with E-state index in [2.05, 4.69) is 27.9 Å². The van der Waals surface area contributed by atoms with Gasteiger partial charge < -0.3 is 5.32 Å². The summed E-state index contributed by atoms with van der Waals surface area (Å²) in [5, 5.41) is 2.83. The van der Waals surface area contributed by atoms with Crippen LogP contribution in [0.1, 0.15) is 48.5 Å². The lowest BCUT2D eigenvalue weighted by atomic mass is 10.0. The number of benzene rings is 2. The van der Waals surface area contributed by atoms with E-state index in [-0.39, 0.29) is 16.8 Å². The Bertz CT molecular complexity index is 958. The molecule has 1 heterocycles. The predicted molar refractivity (Wildman–Crippen MR) is 120 cm³/mol. The average Bonchev–Trinajstić information content (AvgIpc) is 2.70.